The molecule has 0 heterocycles. The molecule has 0 fully saturated rings. The quantitative estimate of drug-likeness (QED) is 0.0577. The van der Waals surface area contributed by atoms with Gasteiger partial charge in [-0.1, -0.05) is 105 Å². The van der Waals surface area contributed by atoms with Crippen LogP contribution in [0.4, 0.5) is 0 Å². The van der Waals surface area contributed by atoms with E-state index in [0.717, 1.165) is 89.0 Å². The van der Waals surface area contributed by atoms with Gasteiger partial charge in [0.05, 0.1) is 14.2 Å². The van der Waals surface area contributed by atoms with E-state index < -0.39 is 11.9 Å². The Morgan fingerprint density at radius 3 is 1.00 bits per heavy atom. The predicted octanol–water partition coefficient (Wildman–Crippen LogP) is 16.3. The van der Waals surface area contributed by atoms with Crippen LogP contribution < -0.4 is 0 Å². The Morgan fingerprint density at radius 1 is 0.459 bits per heavy atom. The Balaban J connectivity index is 2.40. The van der Waals surface area contributed by atoms with Crippen LogP contribution in [0.15, 0.2) is 128 Å². The maximum atomic E-state index is 11.3. The molecule has 344 valence electrons. The highest BCUT2D eigenvalue weighted by Gasteiger charge is 2.49. The maximum absolute atomic E-state index is 11.3. The van der Waals surface area contributed by atoms with Gasteiger partial charge in [0.1, 0.15) is 0 Å². The minimum Gasteiger partial charge on any atom is -0.494 e. The minimum atomic E-state index is -1.63. The molecule has 0 saturated heterocycles. The highest BCUT2D eigenvalue weighted by Crippen LogP contribution is 2.41. The first-order valence-electron chi connectivity index (χ1n) is 23.2. The summed E-state index contributed by atoms with van der Waals surface area (Å²) in [5.41, 5.74) is 14.7. The molecule has 2 unspecified atom stereocenters. The number of hydrogen-bond donors (Lipinski definition) is 1. The van der Waals surface area contributed by atoms with Crippen LogP contribution in [0.5, 0.6) is 0 Å². The molecule has 0 spiro atoms. The molecule has 1 rings (SSSR count). The van der Waals surface area contributed by atoms with Gasteiger partial charge in [-0.05, 0) is 191 Å². The van der Waals surface area contributed by atoms with E-state index in [9.17, 15) is 5.11 Å². The molecule has 5 heteroatoms. The monoisotopic (exact) mass is 843 g/mol. The molecule has 5 nitrogen and oxygen atoms in total. The second-order valence-electron chi connectivity index (χ2n) is 17.9. The van der Waals surface area contributed by atoms with Crippen molar-refractivity contribution < 1.29 is 24.1 Å². The number of allylic oxidation sites excluding steroid dienone is 19. The largest absolute Gasteiger partial charge is 0.494 e. The first-order chi connectivity index (χ1) is 29.0. The van der Waals surface area contributed by atoms with Crippen molar-refractivity contribution in [3.63, 3.8) is 0 Å². The Kier molecular flexibility index (Phi) is 28.7. The predicted molar refractivity (Wildman–Crippen MR) is 264 cm³/mol. The van der Waals surface area contributed by atoms with Gasteiger partial charge in [0.2, 0.25) is 5.79 Å². The van der Waals surface area contributed by atoms with E-state index in [4.69, 9.17) is 18.9 Å². The summed E-state index contributed by atoms with van der Waals surface area (Å²) < 4.78 is 22.5. The minimum absolute atomic E-state index is 0.426. The van der Waals surface area contributed by atoms with Gasteiger partial charge in [0, 0.05) is 19.8 Å². The number of rotatable bonds is 30. The number of ether oxygens (including phenoxy) is 4. The first-order valence-corrected chi connectivity index (χ1v) is 23.2. The molecule has 0 amide bonds. The van der Waals surface area contributed by atoms with E-state index in [0.29, 0.717) is 23.5 Å². The molecule has 2 atom stereocenters. The van der Waals surface area contributed by atoms with E-state index in [2.05, 4.69) is 124 Å². The van der Waals surface area contributed by atoms with E-state index in [-0.39, 0.29) is 0 Å². The van der Waals surface area contributed by atoms with Crippen molar-refractivity contribution in [3.05, 3.63) is 128 Å². The number of hydrogen-bond acceptors (Lipinski definition) is 5. The molecule has 1 aliphatic rings. The summed E-state index contributed by atoms with van der Waals surface area (Å²) in [7, 11) is 6.17. The molecule has 1 N–H and O–H groups in total. The van der Waals surface area contributed by atoms with Crippen molar-refractivity contribution in [2.24, 2.45) is 0 Å². The first kappa shape index (κ1) is 55.6. The number of methoxy groups -OCH3 is 4. The Morgan fingerprint density at radius 2 is 0.754 bits per heavy atom. The van der Waals surface area contributed by atoms with Crippen molar-refractivity contribution >= 4 is 0 Å². The van der Waals surface area contributed by atoms with Gasteiger partial charge in [-0.2, -0.15) is 0 Å². The Hall–Kier alpha value is -3.38. The average Bonchev–Trinajstić information content (AvgIpc) is 3.20. The van der Waals surface area contributed by atoms with Gasteiger partial charge in [-0.3, -0.25) is 0 Å². The molecule has 0 bridgehead atoms. The molecule has 1 aliphatic carbocycles. The highest BCUT2D eigenvalue weighted by atomic mass is 16.7. The lowest BCUT2D eigenvalue weighted by atomic mass is 9.85. The van der Waals surface area contributed by atoms with Gasteiger partial charge in [-0.25, -0.2) is 0 Å². The fourth-order valence-corrected chi connectivity index (χ4v) is 7.73. The molecule has 0 aromatic rings. The smallest absolute Gasteiger partial charge is 0.223 e. The lowest BCUT2D eigenvalue weighted by molar-refractivity contribution is -0.224. The van der Waals surface area contributed by atoms with Crippen molar-refractivity contribution in [1.82, 2.24) is 0 Å². The zero-order chi connectivity index (χ0) is 45.8. The second-order valence-corrected chi connectivity index (χ2v) is 17.9. The van der Waals surface area contributed by atoms with Crippen molar-refractivity contribution in [2.45, 2.75) is 197 Å². The van der Waals surface area contributed by atoms with E-state index in [1.165, 1.54) is 83.6 Å². The fourth-order valence-electron chi connectivity index (χ4n) is 7.73. The zero-order valence-electron chi connectivity index (χ0n) is 41.9. The molecule has 61 heavy (non-hydrogen) atoms. The van der Waals surface area contributed by atoms with Gasteiger partial charge >= 0.3 is 0 Å². The van der Waals surface area contributed by atoms with Gasteiger partial charge < -0.3 is 24.1 Å². The van der Waals surface area contributed by atoms with Crippen LogP contribution >= 0.6 is 0 Å². The summed E-state index contributed by atoms with van der Waals surface area (Å²) in [5, 5.41) is 11.3. The summed E-state index contributed by atoms with van der Waals surface area (Å²) in [6.07, 6.45) is 39.3. The van der Waals surface area contributed by atoms with Gasteiger partial charge in [-0.15, -0.1) is 0 Å². The fraction of sp³-hybridized carbons (Fsp3) is 0.607. The normalized spacial score (nSPS) is 19.3. The standard InChI is InChI=1S/C56H90O5/c1-42(2)24-16-25-43(3)26-17-27-44(4)28-18-29-45(5)30-19-31-46(6)32-20-33-47(7)34-21-35-48(8)36-22-37-49(9)38-23-39-50(10)40-41-52-51(11)56(57,61-15)55(60-14)54(59-13)53(52)58-12/h24,26,28,30,32,34,36,38,40,55,57H,16-23,25,27,29,31,33,35,37,39,41H2,1-15H3/b43-26+,44-28+,45-30+,46-32+,47-34+,48-36+,49-38+,50-40+. The summed E-state index contributed by atoms with van der Waals surface area (Å²) >= 11 is 0. The third kappa shape index (κ3) is 22.5. The van der Waals surface area contributed by atoms with Crippen molar-refractivity contribution in [1.29, 1.82) is 0 Å². The lowest BCUT2D eigenvalue weighted by Gasteiger charge is -2.40. The van der Waals surface area contributed by atoms with E-state index in [1.807, 2.05) is 6.92 Å². The molecule has 0 aliphatic heterocycles. The second kappa shape index (κ2) is 31.5. The average molecular weight is 843 g/mol. The summed E-state index contributed by atoms with van der Waals surface area (Å²) in [5.74, 6) is -0.613. The van der Waals surface area contributed by atoms with Crippen LogP contribution in [-0.2, 0) is 18.9 Å². The van der Waals surface area contributed by atoms with Crippen molar-refractivity contribution in [3.8, 4) is 0 Å². The van der Waals surface area contributed by atoms with Gasteiger partial charge in [0.15, 0.2) is 17.6 Å². The summed E-state index contributed by atoms with van der Waals surface area (Å²) in [6.45, 7) is 24.3. The van der Waals surface area contributed by atoms with Crippen molar-refractivity contribution in [2.75, 3.05) is 28.4 Å². The zero-order valence-corrected chi connectivity index (χ0v) is 41.9. The maximum Gasteiger partial charge on any atom is 0.223 e. The summed E-state index contributed by atoms with van der Waals surface area (Å²) in [4.78, 5) is 0. The van der Waals surface area contributed by atoms with E-state index in [1.54, 1.807) is 14.2 Å². The number of aliphatic hydroxyl groups is 1. The molecular formula is C56H90O5. The molecule has 0 radical (unpaired) electrons. The van der Waals surface area contributed by atoms with Crippen LogP contribution in [0.25, 0.3) is 0 Å². The van der Waals surface area contributed by atoms with Crippen LogP contribution in [0, 0.1) is 0 Å². The Labute approximate surface area is 375 Å². The van der Waals surface area contributed by atoms with Crippen LogP contribution in [0.2, 0.25) is 0 Å². The van der Waals surface area contributed by atoms with Crippen LogP contribution in [0.3, 0.4) is 0 Å². The molecule has 0 saturated carbocycles. The highest BCUT2D eigenvalue weighted by molar-refractivity contribution is 5.45. The molecule has 0 aromatic heterocycles. The van der Waals surface area contributed by atoms with Crippen LogP contribution in [-0.4, -0.2) is 45.4 Å². The SMILES string of the molecule is COC1=C(OC)C(OC)C(O)(OC)C(C)=C1C/C=C(\C)CC/C=C(\C)CC/C=C(\C)CC/C=C(\C)CC/C=C(\C)CC/C=C(\C)CC/C=C(\C)CC/C=C(\C)CCC=C(C)C. The van der Waals surface area contributed by atoms with Crippen LogP contribution in [0.1, 0.15) is 185 Å². The Bertz CT molecular complexity index is 1680. The molecule has 0 aromatic carbocycles. The third-order valence-corrected chi connectivity index (χ3v) is 12.0. The summed E-state index contributed by atoms with van der Waals surface area (Å²) in [6, 6.07) is 0. The lowest BCUT2D eigenvalue weighted by Crippen LogP contribution is -2.50. The topological polar surface area (TPSA) is 57.2 Å². The molecular weight excluding hydrogens is 753 g/mol. The third-order valence-electron chi connectivity index (χ3n) is 12.0. The van der Waals surface area contributed by atoms with Gasteiger partial charge in [0.25, 0.3) is 0 Å². The van der Waals surface area contributed by atoms with E-state index >= 15 is 0 Å².